The van der Waals surface area contributed by atoms with Gasteiger partial charge in [0.15, 0.2) is 0 Å². The number of rotatable bonds is 5. The van der Waals surface area contributed by atoms with Gasteiger partial charge in [0.05, 0.1) is 6.61 Å². The molecule has 0 fully saturated rings. The van der Waals surface area contributed by atoms with Crippen molar-refractivity contribution in [2.24, 2.45) is 0 Å². The third kappa shape index (κ3) is 3.30. The second-order valence-corrected chi connectivity index (χ2v) is 5.46. The van der Waals surface area contributed by atoms with E-state index in [-0.39, 0.29) is 12.0 Å². The number of benzene rings is 1. The minimum absolute atomic E-state index is 0.0950. The van der Waals surface area contributed by atoms with Crippen LogP contribution in [0.2, 0.25) is 0 Å². The van der Waals surface area contributed by atoms with E-state index < -0.39 is 0 Å². The first-order valence-corrected chi connectivity index (χ1v) is 6.29. The molecular formula is C15H25NO. The van der Waals surface area contributed by atoms with Crippen LogP contribution >= 0.6 is 0 Å². The summed E-state index contributed by atoms with van der Waals surface area (Å²) in [6.45, 7) is 12.8. The van der Waals surface area contributed by atoms with E-state index in [4.69, 9.17) is 5.11 Å². The topological polar surface area (TPSA) is 32.3 Å². The normalized spacial score (nSPS) is 11.9. The summed E-state index contributed by atoms with van der Waals surface area (Å²) in [6, 6.07) is 4.43. The monoisotopic (exact) mass is 235 g/mol. The fourth-order valence-corrected chi connectivity index (χ4v) is 2.26. The Kier molecular flexibility index (Phi) is 4.72. The highest BCUT2D eigenvalue weighted by atomic mass is 16.3. The van der Waals surface area contributed by atoms with Gasteiger partial charge in [0.25, 0.3) is 0 Å². The van der Waals surface area contributed by atoms with Crippen LogP contribution in [0, 0.1) is 20.8 Å². The highest BCUT2D eigenvalue weighted by molar-refractivity contribution is 5.42. The molecule has 0 bridgehead atoms. The maximum Gasteiger partial charge on any atom is 0.0555 e. The molecule has 2 nitrogen and oxygen atoms in total. The maximum atomic E-state index is 8.81. The van der Waals surface area contributed by atoms with Gasteiger partial charge in [-0.1, -0.05) is 26.0 Å². The van der Waals surface area contributed by atoms with E-state index in [0.717, 1.165) is 6.54 Å². The van der Waals surface area contributed by atoms with Crippen molar-refractivity contribution in [1.29, 1.82) is 0 Å². The Morgan fingerprint density at radius 1 is 1.12 bits per heavy atom. The molecule has 0 aromatic heterocycles. The third-order valence-electron chi connectivity index (χ3n) is 3.64. The number of hydrogen-bond donors (Lipinski definition) is 2. The average Bonchev–Trinajstić information content (AvgIpc) is 2.26. The predicted molar refractivity (Wildman–Crippen MR) is 73.6 cm³/mol. The first-order chi connectivity index (χ1) is 7.90. The number of aryl methyl sites for hydroxylation is 1. The van der Waals surface area contributed by atoms with Crippen LogP contribution in [0.25, 0.3) is 0 Å². The lowest BCUT2D eigenvalue weighted by Gasteiger charge is -2.28. The van der Waals surface area contributed by atoms with Gasteiger partial charge < -0.3 is 10.4 Å². The van der Waals surface area contributed by atoms with E-state index in [9.17, 15) is 0 Å². The standard InChI is InChI=1S/C15H25NO/c1-11-6-7-14(13(3)12(11)2)15(4,5)10-16-8-9-17/h6-7,16-17H,8-10H2,1-5H3. The lowest BCUT2D eigenvalue weighted by atomic mass is 9.80. The molecule has 0 atom stereocenters. The summed E-state index contributed by atoms with van der Waals surface area (Å²) in [7, 11) is 0. The van der Waals surface area contributed by atoms with Gasteiger partial charge in [-0.15, -0.1) is 0 Å². The van der Waals surface area contributed by atoms with Crippen molar-refractivity contribution in [1.82, 2.24) is 5.32 Å². The first kappa shape index (κ1) is 14.2. The van der Waals surface area contributed by atoms with Crippen molar-refractivity contribution in [2.45, 2.75) is 40.0 Å². The number of aliphatic hydroxyl groups is 1. The van der Waals surface area contributed by atoms with Gasteiger partial charge in [0, 0.05) is 18.5 Å². The van der Waals surface area contributed by atoms with E-state index in [1.807, 2.05) is 0 Å². The van der Waals surface area contributed by atoms with Crippen LogP contribution in [-0.4, -0.2) is 24.8 Å². The minimum Gasteiger partial charge on any atom is -0.395 e. The molecule has 17 heavy (non-hydrogen) atoms. The highest BCUT2D eigenvalue weighted by Gasteiger charge is 2.22. The Balaban J connectivity index is 2.94. The zero-order chi connectivity index (χ0) is 13.1. The molecule has 0 unspecified atom stereocenters. The number of aliphatic hydroxyl groups excluding tert-OH is 1. The molecule has 2 heteroatoms. The molecule has 1 rings (SSSR count). The zero-order valence-corrected chi connectivity index (χ0v) is 11.7. The highest BCUT2D eigenvalue weighted by Crippen LogP contribution is 2.28. The molecule has 0 saturated heterocycles. The van der Waals surface area contributed by atoms with Crippen LogP contribution in [0.3, 0.4) is 0 Å². The van der Waals surface area contributed by atoms with Crippen molar-refractivity contribution < 1.29 is 5.11 Å². The molecule has 0 saturated carbocycles. The largest absolute Gasteiger partial charge is 0.395 e. The smallest absolute Gasteiger partial charge is 0.0555 e. The summed E-state index contributed by atoms with van der Waals surface area (Å²) >= 11 is 0. The second-order valence-electron chi connectivity index (χ2n) is 5.46. The van der Waals surface area contributed by atoms with Crippen LogP contribution in [0.4, 0.5) is 0 Å². The Labute approximate surface area is 105 Å². The van der Waals surface area contributed by atoms with Gasteiger partial charge in [0.2, 0.25) is 0 Å². The van der Waals surface area contributed by atoms with Crippen molar-refractivity contribution in [3.05, 3.63) is 34.4 Å². The minimum atomic E-state index is 0.0950. The number of nitrogens with one attached hydrogen (secondary N) is 1. The molecule has 0 aliphatic carbocycles. The lowest BCUT2D eigenvalue weighted by molar-refractivity contribution is 0.286. The van der Waals surface area contributed by atoms with Gasteiger partial charge in [0.1, 0.15) is 0 Å². The molecule has 0 heterocycles. The molecule has 0 spiro atoms. The van der Waals surface area contributed by atoms with E-state index in [0.29, 0.717) is 6.54 Å². The fraction of sp³-hybridized carbons (Fsp3) is 0.600. The molecule has 0 radical (unpaired) electrons. The van der Waals surface area contributed by atoms with Crippen molar-refractivity contribution in [3.63, 3.8) is 0 Å². The summed E-state index contributed by atoms with van der Waals surface area (Å²) in [5, 5.41) is 12.1. The molecule has 0 amide bonds. The summed E-state index contributed by atoms with van der Waals surface area (Å²) in [5.41, 5.74) is 5.62. The van der Waals surface area contributed by atoms with Crippen molar-refractivity contribution in [2.75, 3.05) is 19.7 Å². The molecule has 1 aromatic rings. The number of hydrogen-bond acceptors (Lipinski definition) is 2. The van der Waals surface area contributed by atoms with Crippen molar-refractivity contribution in [3.8, 4) is 0 Å². The van der Waals surface area contributed by atoms with Gasteiger partial charge >= 0.3 is 0 Å². The Hall–Kier alpha value is -0.860. The Bertz CT molecular complexity index is 383. The van der Waals surface area contributed by atoms with Crippen LogP contribution in [0.15, 0.2) is 12.1 Å². The molecule has 0 aliphatic heterocycles. The van der Waals surface area contributed by atoms with E-state index in [1.165, 1.54) is 22.3 Å². The van der Waals surface area contributed by atoms with E-state index >= 15 is 0 Å². The molecule has 0 aliphatic rings. The Morgan fingerprint density at radius 3 is 2.35 bits per heavy atom. The summed E-state index contributed by atoms with van der Waals surface area (Å²) in [6.07, 6.45) is 0. The quantitative estimate of drug-likeness (QED) is 0.768. The fourth-order valence-electron chi connectivity index (χ4n) is 2.26. The van der Waals surface area contributed by atoms with Crippen LogP contribution in [0.5, 0.6) is 0 Å². The van der Waals surface area contributed by atoms with Gasteiger partial charge in [-0.2, -0.15) is 0 Å². The molecule has 96 valence electrons. The average molecular weight is 235 g/mol. The van der Waals surface area contributed by atoms with Crippen LogP contribution in [0.1, 0.15) is 36.1 Å². The van der Waals surface area contributed by atoms with Crippen LogP contribution in [-0.2, 0) is 5.41 Å². The predicted octanol–water partition coefficient (Wildman–Crippen LogP) is 2.47. The van der Waals surface area contributed by atoms with E-state index in [2.05, 4.69) is 52.1 Å². The summed E-state index contributed by atoms with van der Waals surface area (Å²) in [4.78, 5) is 0. The first-order valence-electron chi connectivity index (χ1n) is 6.29. The van der Waals surface area contributed by atoms with E-state index in [1.54, 1.807) is 0 Å². The second kappa shape index (κ2) is 5.65. The third-order valence-corrected chi connectivity index (χ3v) is 3.64. The van der Waals surface area contributed by atoms with Gasteiger partial charge in [-0.25, -0.2) is 0 Å². The van der Waals surface area contributed by atoms with Gasteiger partial charge in [-0.3, -0.25) is 0 Å². The lowest BCUT2D eigenvalue weighted by Crippen LogP contribution is -2.35. The Morgan fingerprint density at radius 2 is 1.76 bits per heavy atom. The maximum absolute atomic E-state index is 8.81. The zero-order valence-electron chi connectivity index (χ0n) is 11.7. The summed E-state index contributed by atoms with van der Waals surface area (Å²) < 4.78 is 0. The molecule has 1 aromatic carbocycles. The molecule has 2 N–H and O–H groups in total. The van der Waals surface area contributed by atoms with Crippen LogP contribution < -0.4 is 5.32 Å². The van der Waals surface area contributed by atoms with Crippen molar-refractivity contribution >= 4 is 0 Å². The summed E-state index contributed by atoms with van der Waals surface area (Å²) in [5.74, 6) is 0. The SMILES string of the molecule is Cc1ccc(C(C)(C)CNCCO)c(C)c1C. The van der Waals surface area contributed by atoms with Gasteiger partial charge in [-0.05, 0) is 43.0 Å². The molecular weight excluding hydrogens is 210 g/mol.